The van der Waals surface area contributed by atoms with Gasteiger partial charge in [0.05, 0.1) is 7.11 Å². The first kappa shape index (κ1) is 17.8. The Hall–Kier alpha value is -1.50. The maximum Gasteiger partial charge on any atom is 0.410 e. The first-order valence-electron chi connectivity index (χ1n) is 7.66. The van der Waals surface area contributed by atoms with Crippen molar-refractivity contribution in [3.05, 3.63) is 16.7 Å². The minimum absolute atomic E-state index is 0.157. The normalized spacial score (nSPS) is 18.8. The Bertz CT molecular complexity index is 574. The highest BCUT2D eigenvalue weighted by Gasteiger charge is 2.30. The van der Waals surface area contributed by atoms with Crippen molar-refractivity contribution in [3.8, 4) is 5.75 Å². The van der Waals surface area contributed by atoms with Gasteiger partial charge in [0, 0.05) is 25.7 Å². The lowest BCUT2D eigenvalue weighted by atomic mass is 10.2. The fourth-order valence-electron chi connectivity index (χ4n) is 2.51. The number of methoxy groups -OCH3 is 1. The van der Waals surface area contributed by atoms with E-state index in [4.69, 9.17) is 9.47 Å². The number of nitrogens with zero attached hydrogens (tertiary/aromatic N) is 3. The molecule has 1 fully saturated rings. The summed E-state index contributed by atoms with van der Waals surface area (Å²) in [5.41, 5.74) is -0.472. The lowest BCUT2D eigenvalue weighted by molar-refractivity contribution is 0.0218. The van der Waals surface area contributed by atoms with Gasteiger partial charge in [-0.1, -0.05) is 0 Å². The van der Waals surface area contributed by atoms with Gasteiger partial charge in [-0.05, 0) is 55.8 Å². The first-order valence-corrected chi connectivity index (χ1v) is 8.45. The van der Waals surface area contributed by atoms with Crippen molar-refractivity contribution in [1.82, 2.24) is 9.88 Å². The van der Waals surface area contributed by atoms with E-state index in [9.17, 15) is 4.79 Å². The number of carbonyl (C=O) groups excluding carboxylic acids is 1. The highest BCUT2D eigenvalue weighted by Crippen LogP contribution is 2.27. The third-order valence-corrected chi connectivity index (χ3v) is 4.16. The van der Waals surface area contributed by atoms with Crippen molar-refractivity contribution in [2.24, 2.45) is 0 Å². The van der Waals surface area contributed by atoms with E-state index in [-0.39, 0.29) is 12.1 Å². The summed E-state index contributed by atoms with van der Waals surface area (Å²) in [6, 6.07) is 3.98. The molecule has 0 saturated carbocycles. The topological polar surface area (TPSA) is 54.9 Å². The lowest BCUT2D eigenvalue weighted by Gasteiger charge is -2.40. The average Bonchev–Trinajstić information content (AvgIpc) is 2.45. The number of pyridine rings is 1. The van der Waals surface area contributed by atoms with Gasteiger partial charge in [0.2, 0.25) is 0 Å². The van der Waals surface area contributed by atoms with Crippen LogP contribution in [0.3, 0.4) is 0 Å². The van der Waals surface area contributed by atoms with Gasteiger partial charge in [-0.15, -0.1) is 0 Å². The monoisotopic (exact) mass is 385 g/mol. The van der Waals surface area contributed by atoms with Crippen molar-refractivity contribution in [1.29, 1.82) is 0 Å². The molecule has 2 heterocycles. The van der Waals surface area contributed by atoms with Crippen LogP contribution in [-0.2, 0) is 4.74 Å². The Morgan fingerprint density at radius 3 is 2.57 bits per heavy atom. The Morgan fingerprint density at radius 2 is 2.04 bits per heavy atom. The summed E-state index contributed by atoms with van der Waals surface area (Å²) >= 11 is 3.41. The van der Waals surface area contributed by atoms with Gasteiger partial charge in [0.15, 0.2) is 5.75 Å². The van der Waals surface area contributed by atoms with Crippen molar-refractivity contribution >= 4 is 27.8 Å². The van der Waals surface area contributed by atoms with Gasteiger partial charge in [-0.2, -0.15) is 0 Å². The third-order valence-electron chi connectivity index (χ3n) is 3.59. The third kappa shape index (κ3) is 4.50. The molecule has 128 valence electrons. The molecule has 1 atom stereocenters. The van der Waals surface area contributed by atoms with Crippen molar-refractivity contribution in [2.45, 2.75) is 39.3 Å². The molecule has 0 aliphatic carbocycles. The second kappa shape index (κ2) is 6.95. The van der Waals surface area contributed by atoms with Crippen LogP contribution in [-0.4, -0.2) is 54.4 Å². The highest BCUT2D eigenvalue weighted by atomic mass is 79.9. The number of carbonyl (C=O) groups is 1. The van der Waals surface area contributed by atoms with E-state index in [0.717, 1.165) is 5.82 Å². The van der Waals surface area contributed by atoms with Gasteiger partial charge < -0.3 is 19.3 Å². The number of amides is 1. The van der Waals surface area contributed by atoms with E-state index in [1.165, 1.54) is 0 Å². The molecule has 7 heteroatoms. The second-order valence-electron chi connectivity index (χ2n) is 6.63. The molecule has 0 bridgehead atoms. The summed E-state index contributed by atoms with van der Waals surface area (Å²) in [6.07, 6.45) is -0.257. The number of ether oxygens (including phenoxy) is 2. The van der Waals surface area contributed by atoms with E-state index in [0.29, 0.717) is 30.0 Å². The zero-order chi connectivity index (χ0) is 17.2. The smallest absolute Gasteiger partial charge is 0.410 e. The Morgan fingerprint density at radius 1 is 1.35 bits per heavy atom. The van der Waals surface area contributed by atoms with E-state index in [1.807, 2.05) is 32.9 Å². The van der Waals surface area contributed by atoms with Crippen LogP contribution in [0.4, 0.5) is 10.6 Å². The predicted molar refractivity (Wildman–Crippen MR) is 93.1 cm³/mol. The average molecular weight is 386 g/mol. The largest absolute Gasteiger partial charge is 0.494 e. The first-order chi connectivity index (χ1) is 10.7. The van der Waals surface area contributed by atoms with E-state index >= 15 is 0 Å². The number of anilines is 1. The molecule has 6 nitrogen and oxygen atoms in total. The Balaban J connectivity index is 2.04. The van der Waals surface area contributed by atoms with Gasteiger partial charge in [0.1, 0.15) is 16.0 Å². The van der Waals surface area contributed by atoms with Crippen LogP contribution >= 0.6 is 15.9 Å². The molecular weight excluding hydrogens is 362 g/mol. The quantitative estimate of drug-likeness (QED) is 0.730. The minimum atomic E-state index is -0.472. The molecule has 1 aromatic rings. The Kier molecular flexibility index (Phi) is 5.39. The van der Waals surface area contributed by atoms with Gasteiger partial charge in [0.25, 0.3) is 0 Å². The van der Waals surface area contributed by atoms with Crippen LogP contribution in [0.2, 0.25) is 0 Å². The van der Waals surface area contributed by atoms with Gasteiger partial charge >= 0.3 is 6.09 Å². The SMILES string of the molecule is COc1ccc(N2CCN(C(=O)OC(C)(C)C)C[C@@H]2C)nc1Br. The summed E-state index contributed by atoms with van der Waals surface area (Å²) in [6.45, 7) is 9.66. The summed E-state index contributed by atoms with van der Waals surface area (Å²) in [5, 5.41) is 0. The molecule has 1 aliphatic heterocycles. The highest BCUT2D eigenvalue weighted by molar-refractivity contribution is 9.10. The standard InChI is InChI=1S/C16H24BrN3O3/c1-11-10-19(15(21)23-16(2,3)4)8-9-20(11)13-7-6-12(22-5)14(17)18-13/h6-7,11H,8-10H2,1-5H3/t11-/m0/s1. The van der Waals surface area contributed by atoms with Crippen LogP contribution in [0.15, 0.2) is 16.7 Å². The molecule has 0 N–H and O–H groups in total. The molecule has 1 aromatic heterocycles. The summed E-state index contributed by atoms with van der Waals surface area (Å²) in [4.78, 5) is 20.7. The summed E-state index contributed by atoms with van der Waals surface area (Å²) in [7, 11) is 1.61. The number of hydrogen-bond acceptors (Lipinski definition) is 5. The molecule has 23 heavy (non-hydrogen) atoms. The maximum atomic E-state index is 12.2. The van der Waals surface area contributed by atoms with Crippen LogP contribution in [0.1, 0.15) is 27.7 Å². The Labute approximate surface area is 145 Å². The molecule has 0 radical (unpaired) electrons. The maximum absolute atomic E-state index is 12.2. The molecule has 2 rings (SSSR count). The summed E-state index contributed by atoms with van der Waals surface area (Å²) in [5.74, 6) is 1.57. The molecule has 1 amide bonds. The van der Waals surface area contributed by atoms with Crippen molar-refractivity contribution in [2.75, 3.05) is 31.6 Å². The number of halogens is 1. The minimum Gasteiger partial charge on any atom is -0.494 e. The molecule has 0 unspecified atom stereocenters. The fourth-order valence-corrected chi connectivity index (χ4v) is 2.99. The zero-order valence-corrected chi connectivity index (χ0v) is 15.9. The van der Waals surface area contributed by atoms with Crippen molar-refractivity contribution in [3.63, 3.8) is 0 Å². The molecule has 0 aromatic carbocycles. The van der Waals surface area contributed by atoms with Crippen LogP contribution < -0.4 is 9.64 Å². The molecular formula is C16H24BrN3O3. The molecule has 1 aliphatic rings. The molecule has 1 saturated heterocycles. The van der Waals surface area contributed by atoms with Crippen LogP contribution in [0.25, 0.3) is 0 Å². The van der Waals surface area contributed by atoms with Crippen LogP contribution in [0, 0.1) is 0 Å². The fraction of sp³-hybridized carbons (Fsp3) is 0.625. The van der Waals surface area contributed by atoms with Crippen LogP contribution in [0.5, 0.6) is 5.75 Å². The zero-order valence-electron chi connectivity index (χ0n) is 14.3. The second-order valence-corrected chi connectivity index (χ2v) is 7.38. The van der Waals surface area contributed by atoms with Gasteiger partial charge in [-0.25, -0.2) is 9.78 Å². The van der Waals surface area contributed by atoms with E-state index < -0.39 is 5.60 Å². The lowest BCUT2D eigenvalue weighted by Crippen LogP contribution is -2.54. The van der Waals surface area contributed by atoms with E-state index in [2.05, 4.69) is 32.7 Å². The number of rotatable bonds is 2. The number of hydrogen-bond donors (Lipinski definition) is 0. The van der Waals surface area contributed by atoms with E-state index in [1.54, 1.807) is 12.0 Å². The predicted octanol–water partition coefficient (Wildman–Crippen LogP) is 3.30. The number of piperazine rings is 1. The summed E-state index contributed by atoms with van der Waals surface area (Å²) < 4.78 is 11.3. The van der Waals surface area contributed by atoms with Gasteiger partial charge in [-0.3, -0.25) is 0 Å². The molecule has 0 spiro atoms. The number of aromatic nitrogens is 1. The van der Waals surface area contributed by atoms with Crippen molar-refractivity contribution < 1.29 is 14.3 Å².